The van der Waals surface area contributed by atoms with E-state index < -0.39 is 0 Å². The van der Waals surface area contributed by atoms with Gasteiger partial charge in [-0.2, -0.15) is 0 Å². The maximum Gasteiger partial charge on any atom is 0.230 e. The second kappa shape index (κ2) is 5.68. The molecule has 0 saturated heterocycles. The van der Waals surface area contributed by atoms with Gasteiger partial charge in [0.1, 0.15) is 5.78 Å². The Morgan fingerprint density at radius 3 is 2.42 bits per heavy atom. The van der Waals surface area contributed by atoms with E-state index in [-0.39, 0.29) is 17.7 Å². The number of carbonyl (C=O) groups excluding carboxylic acids is 2. The molecule has 0 aliphatic heterocycles. The quantitative estimate of drug-likeness (QED) is 0.462. The zero-order chi connectivity index (χ0) is 9.56. The Bertz CT molecular complexity index is 170. The number of Topliss-reactive ketones (excluding diaryl/α,β-unsaturated/α-hetero) is 1. The van der Waals surface area contributed by atoms with Gasteiger partial charge in [-0.15, -0.1) is 0 Å². The normalized spacial score (nSPS) is 12.2. The highest BCUT2D eigenvalue weighted by Crippen LogP contribution is 1.86. The fourth-order valence-electron chi connectivity index (χ4n) is 0.748. The molecule has 12 heavy (non-hydrogen) atoms. The first-order chi connectivity index (χ1) is 5.52. The van der Waals surface area contributed by atoms with Crippen LogP contribution in [0.25, 0.3) is 0 Å². The molecule has 1 unspecified atom stereocenters. The lowest BCUT2D eigenvalue weighted by Gasteiger charge is -2.10. The Morgan fingerprint density at radius 1 is 1.42 bits per heavy atom. The molecule has 0 bridgehead atoms. The highest BCUT2D eigenvalue weighted by Gasteiger charge is 2.04. The Hall–Kier alpha value is -0.940. The molecule has 1 atom stereocenters. The minimum atomic E-state index is -0.241. The highest BCUT2D eigenvalue weighted by atomic mass is 16.2. The maximum atomic E-state index is 10.6. The van der Waals surface area contributed by atoms with E-state index >= 15 is 0 Å². The van der Waals surface area contributed by atoms with Crippen molar-refractivity contribution in [3.8, 4) is 0 Å². The number of hydrazine groups is 1. The Kier molecular flexibility index (Phi) is 5.23. The largest absolute Gasteiger partial charge is 0.326 e. The average molecular weight is 173 g/mol. The molecular weight excluding hydrogens is 158 g/mol. The first kappa shape index (κ1) is 11.1. The average Bonchev–Trinajstić information content (AvgIpc) is 1.84. The van der Waals surface area contributed by atoms with Gasteiger partial charge in [0.15, 0.2) is 0 Å². The van der Waals surface area contributed by atoms with Crippen LogP contribution in [-0.2, 0) is 9.59 Å². The molecule has 0 aromatic heterocycles. The van der Waals surface area contributed by atoms with Gasteiger partial charge >= 0.3 is 0 Å². The van der Waals surface area contributed by atoms with E-state index in [1.807, 2.05) is 0 Å². The molecule has 0 aliphatic rings. The summed E-state index contributed by atoms with van der Waals surface area (Å²) in [5, 5.41) is 0. The molecule has 70 valence electrons. The summed E-state index contributed by atoms with van der Waals surface area (Å²) in [6.45, 7) is 3.28. The number of hydrogen-bond donors (Lipinski definition) is 3. The summed E-state index contributed by atoms with van der Waals surface area (Å²) in [5.41, 5.74) is 10.5. The van der Waals surface area contributed by atoms with Gasteiger partial charge in [-0.25, -0.2) is 5.43 Å². The third-order valence-electron chi connectivity index (χ3n) is 1.18. The van der Waals surface area contributed by atoms with Crippen LogP contribution in [0.5, 0.6) is 0 Å². The lowest BCUT2D eigenvalue weighted by Crippen LogP contribution is -2.44. The topological polar surface area (TPSA) is 84.2 Å². The van der Waals surface area contributed by atoms with Gasteiger partial charge in [0, 0.05) is 25.9 Å². The van der Waals surface area contributed by atoms with Gasteiger partial charge in [-0.05, 0) is 6.92 Å². The summed E-state index contributed by atoms with van der Waals surface area (Å²) >= 11 is 0. The van der Waals surface area contributed by atoms with Crippen LogP contribution < -0.4 is 16.6 Å². The van der Waals surface area contributed by atoms with Gasteiger partial charge in [-0.3, -0.25) is 15.0 Å². The van der Waals surface area contributed by atoms with Crippen molar-refractivity contribution >= 4 is 11.7 Å². The summed E-state index contributed by atoms with van der Waals surface area (Å²) in [6.07, 6.45) is 0.326. The third-order valence-corrected chi connectivity index (χ3v) is 1.18. The predicted molar refractivity (Wildman–Crippen MR) is 45.1 cm³/mol. The number of nitrogens with one attached hydrogen (secondary N) is 2. The molecule has 0 aromatic rings. The van der Waals surface area contributed by atoms with Crippen molar-refractivity contribution in [1.82, 2.24) is 10.9 Å². The monoisotopic (exact) mass is 173 g/mol. The van der Waals surface area contributed by atoms with Gasteiger partial charge in [0.05, 0.1) is 0 Å². The van der Waals surface area contributed by atoms with Gasteiger partial charge in [0.25, 0.3) is 0 Å². The standard InChI is InChI=1S/C7H15N3O2/c1-5(11)3-7(8)4-9-10-6(2)12/h7,9H,3-4,8H2,1-2H3,(H,10,12). The number of hydrogen-bond acceptors (Lipinski definition) is 4. The Balaban J connectivity index is 3.37. The summed E-state index contributed by atoms with van der Waals surface area (Å²) in [7, 11) is 0. The van der Waals surface area contributed by atoms with Crippen molar-refractivity contribution in [3.63, 3.8) is 0 Å². The molecule has 0 heterocycles. The van der Waals surface area contributed by atoms with Gasteiger partial charge in [0.2, 0.25) is 5.91 Å². The summed E-state index contributed by atoms with van der Waals surface area (Å²) < 4.78 is 0. The number of ketones is 1. The van der Waals surface area contributed by atoms with E-state index in [9.17, 15) is 9.59 Å². The van der Waals surface area contributed by atoms with Crippen molar-refractivity contribution in [2.75, 3.05) is 6.54 Å². The van der Waals surface area contributed by atoms with Crippen molar-refractivity contribution in [2.24, 2.45) is 5.73 Å². The van der Waals surface area contributed by atoms with Crippen LogP contribution in [0.2, 0.25) is 0 Å². The first-order valence-electron chi connectivity index (χ1n) is 3.77. The van der Waals surface area contributed by atoms with Crippen LogP contribution in [0.1, 0.15) is 20.3 Å². The minimum absolute atomic E-state index is 0.0483. The van der Waals surface area contributed by atoms with Crippen molar-refractivity contribution in [1.29, 1.82) is 0 Å². The van der Waals surface area contributed by atoms with E-state index in [1.165, 1.54) is 13.8 Å². The van der Waals surface area contributed by atoms with E-state index in [4.69, 9.17) is 5.73 Å². The van der Waals surface area contributed by atoms with Crippen molar-refractivity contribution in [2.45, 2.75) is 26.3 Å². The lowest BCUT2D eigenvalue weighted by molar-refractivity contribution is -0.119. The summed E-state index contributed by atoms with van der Waals surface area (Å²) in [4.78, 5) is 20.9. The SMILES string of the molecule is CC(=O)CC(N)CNNC(C)=O. The smallest absolute Gasteiger partial charge is 0.230 e. The molecule has 0 aliphatic carbocycles. The first-order valence-corrected chi connectivity index (χ1v) is 3.77. The van der Waals surface area contributed by atoms with E-state index in [0.717, 1.165) is 0 Å². The summed E-state index contributed by atoms with van der Waals surface area (Å²) in [6, 6.07) is -0.241. The molecule has 1 amide bonds. The van der Waals surface area contributed by atoms with Gasteiger partial charge < -0.3 is 5.73 Å². The van der Waals surface area contributed by atoms with Crippen molar-refractivity contribution in [3.05, 3.63) is 0 Å². The molecule has 5 nitrogen and oxygen atoms in total. The molecule has 0 saturated carbocycles. The summed E-state index contributed by atoms with van der Waals surface area (Å²) in [5.74, 6) is -0.128. The zero-order valence-corrected chi connectivity index (χ0v) is 7.39. The van der Waals surface area contributed by atoms with Crippen LogP contribution in [0.15, 0.2) is 0 Å². The van der Waals surface area contributed by atoms with E-state index in [1.54, 1.807) is 0 Å². The van der Waals surface area contributed by atoms with Crippen LogP contribution in [0, 0.1) is 0 Å². The molecule has 0 fully saturated rings. The molecule has 0 rings (SSSR count). The number of amides is 1. The fourth-order valence-corrected chi connectivity index (χ4v) is 0.748. The predicted octanol–water partition coefficient (Wildman–Crippen LogP) is -1.07. The maximum absolute atomic E-state index is 10.6. The van der Waals surface area contributed by atoms with Crippen LogP contribution in [0.4, 0.5) is 0 Å². The van der Waals surface area contributed by atoms with E-state index in [0.29, 0.717) is 13.0 Å². The molecule has 0 radical (unpaired) electrons. The Morgan fingerprint density at radius 2 is 2.00 bits per heavy atom. The van der Waals surface area contributed by atoms with E-state index in [2.05, 4.69) is 10.9 Å². The third kappa shape index (κ3) is 7.17. The highest BCUT2D eigenvalue weighted by molar-refractivity contribution is 5.76. The minimum Gasteiger partial charge on any atom is -0.326 e. The van der Waals surface area contributed by atoms with Crippen LogP contribution >= 0.6 is 0 Å². The molecule has 5 heteroatoms. The number of carbonyl (C=O) groups is 2. The Labute approximate surface area is 71.7 Å². The molecule has 0 aromatic carbocycles. The molecular formula is C7H15N3O2. The second-order valence-corrected chi connectivity index (χ2v) is 2.73. The fraction of sp³-hybridized carbons (Fsp3) is 0.714. The van der Waals surface area contributed by atoms with Crippen LogP contribution in [-0.4, -0.2) is 24.3 Å². The second-order valence-electron chi connectivity index (χ2n) is 2.73. The molecule has 0 spiro atoms. The van der Waals surface area contributed by atoms with Gasteiger partial charge in [-0.1, -0.05) is 0 Å². The lowest BCUT2D eigenvalue weighted by atomic mass is 10.2. The zero-order valence-electron chi connectivity index (χ0n) is 7.39. The number of rotatable bonds is 5. The van der Waals surface area contributed by atoms with Crippen molar-refractivity contribution < 1.29 is 9.59 Å². The number of nitrogens with two attached hydrogens (primary N) is 1. The van der Waals surface area contributed by atoms with Crippen LogP contribution in [0.3, 0.4) is 0 Å². The molecule has 4 N–H and O–H groups in total.